The number of amidine groups is 1. The highest BCUT2D eigenvalue weighted by Gasteiger charge is 2.43. The zero-order chi connectivity index (χ0) is 21.1. The average Bonchev–Trinajstić information content (AvgIpc) is 3.02. The minimum Gasteiger partial charge on any atom is -0.497 e. The van der Waals surface area contributed by atoms with Crippen molar-refractivity contribution < 1.29 is 14.3 Å². The molecule has 2 aliphatic rings. The Hall–Kier alpha value is -2.92. The van der Waals surface area contributed by atoms with E-state index >= 15 is 0 Å². The Bertz CT molecular complexity index is 975. The summed E-state index contributed by atoms with van der Waals surface area (Å²) in [6, 6.07) is 7.30. The number of hydrogen-bond donors (Lipinski definition) is 1. The largest absolute Gasteiger partial charge is 0.497 e. The van der Waals surface area contributed by atoms with Crippen molar-refractivity contribution in [3.63, 3.8) is 0 Å². The van der Waals surface area contributed by atoms with Gasteiger partial charge in [-0.05, 0) is 55.3 Å². The van der Waals surface area contributed by atoms with Crippen LogP contribution in [0.5, 0.6) is 5.75 Å². The summed E-state index contributed by atoms with van der Waals surface area (Å²) in [6.45, 7) is 6.03. The predicted molar refractivity (Wildman–Crippen MR) is 113 cm³/mol. The molecule has 8 heteroatoms. The lowest BCUT2D eigenvalue weighted by Crippen LogP contribution is -2.39. The van der Waals surface area contributed by atoms with Crippen LogP contribution in [0.1, 0.15) is 43.9 Å². The van der Waals surface area contributed by atoms with Gasteiger partial charge in [0.2, 0.25) is 0 Å². The van der Waals surface area contributed by atoms with E-state index in [0.29, 0.717) is 33.6 Å². The number of carbonyl (C=O) groups excluding carboxylic acids is 1. The molecule has 0 radical (unpaired) electrons. The Kier molecular flexibility index (Phi) is 6.18. The van der Waals surface area contributed by atoms with Gasteiger partial charge in [0, 0.05) is 0 Å². The van der Waals surface area contributed by atoms with Gasteiger partial charge in [-0.3, -0.25) is 4.90 Å². The van der Waals surface area contributed by atoms with Gasteiger partial charge in [-0.25, -0.2) is 9.79 Å². The van der Waals surface area contributed by atoms with E-state index in [2.05, 4.69) is 6.07 Å². The molecular formula is C21H24N4O3S. The summed E-state index contributed by atoms with van der Waals surface area (Å²) in [5.41, 5.74) is 9.29. The molecule has 2 N–H and O–H groups in total. The normalized spacial score (nSPS) is 18.4. The van der Waals surface area contributed by atoms with Crippen LogP contribution in [-0.4, -0.2) is 29.8 Å². The summed E-state index contributed by atoms with van der Waals surface area (Å²) < 4.78 is 10.7. The van der Waals surface area contributed by atoms with Crippen molar-refractivity contribution in [2.75, 3.05) is 13.7 Å². The van der Waals surface area contributed by atoms with Crippen LogP contribution in [0.15, 0.2) is 45.2 Å². The van der Waals surface area contributed by atoms with Crippen LogP contribution in [0.2, 0.25) is 0 Å². The minimum absolute atomic E-state index is 0.260. The molecule has 0 aromatic heterocycles. The number of aryl methyl sites for hydroxylation is 1. The number of carbonyl (C=O) groups is 1. The van der Waals surface area contributed by atoms with E-state index in [-0.39, 0.29) is 6.61 Å². The smallest absolute Gasteiger partial charge is 0.338 e. The second-order valence-electron chi connectivity index (χ2n) is 6.65. The van der Waals surface area contributed by atoms with Crippen molar-refractivity contribution in [3.05, 3.63) is 51.3 Å². The maximum Gasteiger partial charge on any atom is 0.338 e. The number of methoxy groups -OCH3 is 1. The van der Waals surface area contributed by atoms with Crippen molar-refractivity contribution in [2.45, 2.75) is 39.7 Å². The molecule has 3 rings (SSSR count). The molecule has 1 atom stereocenters. The van der Waals surface area contributed by atoms with Crippen molar-refractivity contribution in [2.24, 2.45) is 10.7 Å². The average molecular weight is 413 g/mol. The lowest BCUT2D eigenvalue weighted by atomic mass is 9.90. The number of nitrogens with zero attached hydrogens (tertiary/aromatic N) is 3. The highest BCUT2D eigenvalue weighted by Crippen LogP contribution is 2.47. The van der Waals surface area contributed by atoms with Gasteiger partial charge in [0.1, 0.15) is 22.5 Å². The fourth-order valence-electron chi connectivity index (χ4n) is 3.52. The zero-order valence-corrected chi connectivity index (χ0v) is 17.8. The van der Waals surface area contributed by atoms with Crippen molar-refractivity contribution >= 4 is 22.9 Å². The number of ether oxygens (including phenoxy) is 2. The van der Waals surface area contributed by atoms with Gasteiger partial charge in [-0.1, -0.05) is 19.4 Å². The van der Waals surface area contributed by atoms with Gasteiger partial charge < -0.3 is 15.2 Å². The van der Waals surface area contributed by atoms with Crippen LogP contribution >= 0.6 is 11.8 Å². The van der Waals surface area contributed by atoms with E-state index in [1.54, 1.807) is 18.9 Å². The first kappa shape index (κ1) is 20.8. The third kappa shape index (κ3) is 3.70. The second-order valence-corrected chi connectivity index (χ2v) is 7.63. The highest BCUT2D eigenvalue weighted by molar-refractivity contribution is 8.17. The summed E-state index contributed by atoms with van der Waals surface area (Å²) >= 11 is 1.23. The standard InChI is InChI=1S/C21H24N4O3S/c1-5-7-15-17(20(26)28-6-2)18(14-9-8-13(27-4)10-12(14)3)25-19(23)16(11-22)29-21(25)24-15/h8-10,18H,5-7,23H2,1-4H3/t18-/m1/s1. The fourth-order valence-corrected chi connectivity index (χ4v) is 4.41. The molecule has 0 bridgehead atoms. The zero-order valence-electron chi connectivity index (χ0n) is 17.0. The van der Waals surface area contributed by atoms with Crippen molar-refractivity contribution in [1.82, 2.24) is 4.90 Å². The number of fused-ring (bicyclic) bond motifs is 1. The number of thioether (sulfide) groups is 1. The number of nitrogens with two attached hydrogens (primary N) is 1. The second kappa shape index (κ2) is 8.62. The molecule has 0 fully saturated rings. The minimum atomic E-state index is -0.521. The first-order valence-corrected chi connectivity index (χ1v) is 10.3. The molecule has 152 valence electrons. The maximum absolute atomic E-state index is 13.0. The number of nitriles is 1. The van der Waals surface area contributed by atoms with Gasteiger partial charge in [0.25, 0.3) is 0 Å². The number of hydrogen-bond acceptors (Lipinski definition) is 8. The van der Waals surface area contributed by atoms with E-state index < -0.39 is 12.0 Å². The number of aliphatic imine (C=N–C) groups is 1. The molecule has 0 saturated carbocycles. The van der Waals surface area contributed by atoms with E-state index in [1.165, 1.54) is 11.8 Å². The van der Waals surface area contributed by atoms with Crippen LogP contribution in [0, 0.1) is 18.3 Å². The summed E-state index contributed by atoms with van der Waals surface area (Å²) in [5, 5.41) is 10.1. The highest BCUT2D eigenvalue weighted by atomic mass is 32.2. The Labute approximate surface area is 174 Å². The number of rotatable bonds is 6. The van der Waals surface area contributed by atoms with Crippen molar-refractivity contribution in [3.8, 4) is 11.8 Å². The third-order valence-electron chi connectivity index (χ3n) is 4.82. The van der Waals surface area contributed by atoms with Crippen molar-refractivity contribution in [1.29, 1.82) is 5.26 Å². The summed E-state index contributed by atoms with van der Waals surface area (Å²) in [5.74, 6) is 0.611. The molecule has 29 heavy (non-hydrogen) atoms. The van der Waals surface area contributed by atoms with Gasteiger partial charge in [0.15, 0.2) is 5.17 Å². The summed E-state index contributed by atoms with van der Waals surface area (Å²) in [7, 11) is 1.61. The number of allylic oxidation sites excluding steroid dienone is 2. The molecular weight excluding hydrogens is 388 g/mol. The van der Waals surface area contributed by atoms with Gasteiger partial charge >= 0.3 is 5.97 Å². The summed E-state index contributed by atoms with van der Waals surface area (Å²) in [4.78, 5) is 19.9. The maximum atomic E-state index is 13.0. The Morgan fingerprint density at radius 3 is 2.76 bits per heavy atom. The van der Waals surface area contributed by atoms with E-state index in [9.17, 15) is 10.1 Å². The van der Waals surface area contributed by atoms with E-state index in [1.807, 2.05) is 32.0 Å². The molecule has 0 unspecified atom stereocenters. The first-order valence-electron chi connectivity index (χ1n) is 9.47. The van der Waals surface area contributed by atoms with Gasteiger partial charge in [-0.2, -0.15) is 5.26 Å². The molecule has 0 saturated heterocycles. The van der Waals surface area contributed by atoms with E-state index in [0.717, 1.165) is 23.3 Å². The topological polar surface area (TPSA) is 101 Å². The van der Waals surface area contributed by atoms with Crippen LogP contribution in [0.4, 0.5) is 0 Å². The molecule has 2 heterocycles. The molecule has 1 aromatic carbocycles. The Balaban J connectivity index is 2.25. The monoisotopic (exact) mass is 412 g/mol. The third-order valence-corrected chi connectivity index (χ3v) is 5.80. The fraction of sp³-hybridized carbons (Fsp3) is 0.381. The SMILES string of the molecule is CCCC1=C(C(=O)OCC)[C@@H](c2ccc(OC)cc2C)N2C(=N1)SC(C#N)=C2N. The molecule has 0 aliphatic carbocycles. The molecule has 0 spiro atoms. The number of esters is 1. The first-order chi connectivity index (χ1) is 14.0. The van der Waals surface area contributed by atoms with Gasteiger partial charge in [-0.15, -0.1) is 0 Å². The molecule has 0 amide bonds. The van der Waals surface area contributed by atoms with Crippen LogP contribution < -0.4 is 10.5 Å². The molecule has 2 aliphatic heterocycles. The summed E-state index contributed by atoms with van der Waals surface area (Å²) in [6.07, 6.45) is 1.45. The quantitative estimate of drug-likeness (QED) is 0.710. The number of benzene rings is 1. The predicted octanol–water partition coefficient (Wildman–Crippen LogP) is 3.73. The van der Waals surface area contributed by atoms with E-state index in [4.69, 9.17) is 20.2 Å². The lowest BCUT2D eigenvalue weighted by molar-refractivity contribution is -0.139. The molecule has 1 aromatic rings. The molecule has 7 nitrogen and oxygen atoms in total. The Morgan fingerprint density at radius 1 is 1.41 bits per heavy atom. The Morgan fingerprint density at radius 2 is 2.17 bits per heavy atom. The van der Waals surface area contributed by atoms with Gasteiger partial charge in [0.05, 0.1) is 31.0 Å². The van der Waals surface area contributed by atoms with Crippen LogP contribution in [0.25, 0.3) is 0 Å². The van der Waals surface area contributed by atoms with Crippen LogP contribution in [-0.2, 0) is 9.53 Å². The lowest BCUT2D eigenvalue weighted by Gasteiger charge is -2.36. The van der Waals surface area contributed by atoms with Crippen LogP contribution in [0.3, 0.4) is 0 Å².